The van der Waals surface area contributed by atoms with E-state index < -0.39 is 5.97 Å². The first-order chi connectivity index (χ1) is 5.77. The maximum atomic E-state index is 11.0. The van der Waals surface area contributed by atoms with Crippen LogP contribution in [0, 0.1) is 0 Å². The van der Waals surface area contributed by atoms with Crippen LogP contribution in [0.3, 0.4) is 0 Å². The molecule has 12 heavy (non-hydrogen) atoms. The van der Waals surface area contributed by atoms with Gasteiger partial charge in [0.15, 0.2) is 0 Å². The molecule has 1 rings (SSSR count). The van der Waals surface area contributed by atoms with Crippen LogP contribution in [-0.4, -0.2) is 27.3 Å². The third-order valence-corrected chi connectivity index (χ3v) is 1.32. The third-order valence-electron chi connectivity index (χ3n) is 1.32. The molecule has 0 bridgehead atoms. The van der Waals surface area contributed by atoms with Crippen molar-refractivity contribution in [2.45, 2.75) is 20.4 Å². The summed E-state index contributed by atoms with van der Waals surface area (Å²) in [6, 6.07) is 0. The standard InChI is InChI=1S/C7H11N3O2/c1-3-10-5-8-6(9-10)7(11)12-4-2/h5H,3-4H2,1-2H3. The highest BCUT2D eigenvalue weighted by molar-refractivity contribution is 5.84. The highest BCUT2D eigenvalue weighted by Crippen LogP contribution is 1.93. The lowest BCUT2D eigenvalue weighted by atomic mass is 10.6. The number of esters is 1. The Labute approximate surface area is 70.4 Å². The van der Waals surface area contributed by atoms with Crippen LogP contribution in [0.5, 0.6) is 0 Å². The summed E-state index contributed by atoms with van der Waals surface area (Å²) in [4.78, 5) is 14.8. The Kier molecular flexibility index (Phi) is 2.79. The van der Waals surface area contributed by atoms with E-state index in [0.717, 1.165) is 0 Å². The lowest BCUT2D eigenvalue weighted by Gasteiger charge is -1.94. The molecule has 5 heteroatoms. The molecule has 0 unspecified atom stereocenters. The molecule has 5 nitrogen and oxygen atoms in total. The summed E-state index contributed by atoms with van der Waals surface area (Å²) in [5, 5.41) is 3.88. The Balaban J connectivity index is 2.68. The fraction of sp³-hybridized carbons (Fsp3) is 0.571. The maximum Gasteiger partial charge on any atom is 0.378 e. The Hall–Kier alpha value is -1.39. The number of ether oxygens (including phenoxy) is 1. The topological polar surface area (TPSA) is 57.0 Å². The fourth-order valence-electron chi connectivity index (χ4n) is 0.736. The molecular weight excluding hydrogens is 158 g/mol. The number of carbonyl (C=O) groups is 1. The molecule has 0 amide bonds. The lowest BCUT2D eigenvalue weighted by molar-refractivity contribution is 0.0512. The van der Waals surface area contributed by atoms with Gasteiger partial charge in [-0.1, -0.05) is 0 Å². The SMILES string of the molecule is CCOC(=O)c1ncn(CC)n1. The normalized spacial score (nSPS) is 9.83. The van der Waals surface area contributed by atoms with E-state index >= 15 is 0 Å². The molecule has 0 radical (unpaired) electrons. The van der Waals surface area contributed by atoms with Gasteiger partial charge in [-0.05, 0) is 13.8 Å². The predicted molar refractivity (Wildman–Crippen MR) is 41.7 cm³/mol. The second kappa shape index (κ2) is 3.85. The number of hydrogen-bond acceptors (Lipinski definition) is 4. The number of carbonyl (C=O) groups excluding carboxylic acids is 1. The number of rotatable bonds is 3. The van der Waals surface area contributed by atoms with Crippen molar-refractivity contribution in [3.63, 3.8) is 0 Å². The van der Waals surface area contributed by atoms with Gasteiger partial charge in [0.2, 0.25) is 0 Å². The zero-order chi connectivity index (χ0) is 8.97. The summed E-state index contributed by atoms with van der Waals surface area (Å²) in [6.45, 7) is 4.71. The molecule has 0 fully saturated rings. The molecule has 0 atom stereocenters. The van der Waals surface area contributed by atoms with Gasteiger partial charge in [-0.25, -0.2) is 9.78 Å². The van der Waals surface area contributed by atoms with E-state index in [0.29, 0.717) is 13.2 Å². The molecule has 0 saturated heterocycles. The highest BCUT2D eigenvalue weighted by Gasteiger charge is 2.10. The minimum absolute atomic E-state index is 0.124. The second-order valence-corrected chi connectivity index (χ2v) is 2.14. The van der Waals surface area contributed by atoms with E-state index in [1.54, 1.807) is 11.6 Å². The Morgan fingerprint density at radius 1 is 1.67 bits per heavy atom. The Morgan fingerprint density at radius 2 is 2.42 bits per heavy atom. The summed E-state index contributed by atoms with van der Waals surface area (Å²) in [6.07, 6.45) is 1.51. The quantitative estimate of drug-likeness (QED) is 0.617. The zero-order valence-corrected chi connectivity index (χ0v) is 7.15. The third kappa shape index (κ3) is 1.81. The number of aromatic nitrogens is 3. The van der Waals surface area contributed by atoms with Crippen molar-refractivity contribution in [2.24, 2.45) is 0 Å². The molecule has 0 aliphatic heterocycles. The van der Waals surface area contributed by atoms with Crippen LogP contribution in [0.1, 0.15) is 24.5 Å². The first-order valence-electron chi connectivity index (χ1n) is 3.84. The van der Waals surface area contributed by atoms with Crippen molar-refractivity contribution in [3.8, 4) is 0 Å². The molecule has 0 saturated carbocycles. The van der Waals surface area contributed by atoms with E-state index in [1.165, 1.54) is 6.33 Å². The van der Waals surface area contributed by atoms with Crippen molar-refractivity contribution < 1.29 is 9.53 Å². The van der Waals surface area contributed by atoms with Gasteiger partial charge < -0.3 is 4.74 Å². The first-order valence-corrected chi connectivity index (χ1v) is 3.84. The summed E-state index contributed by atoms with van der Waals surface area (Å²) in [5.41, 5.74) is 0. The minimum Gasteiger partial charge on any atom is -0.460 e. The molecule has 1 aromatic heterocycles. The number of aryl methyl sites for hydroxylation is 1. The van der Waals surface area contributed by atoms with E-state index in [4.69, 9.17) is 4.74 Å². The van der Waals surface area contributed by atoms with Crippen LogP contribution < -0.4 is 0 Å². The molecule has 0 spiro atoms. The van der Waals surface area contributed by atoms with Crippen molar-refractivity contribution in [1.82, 2.24) is 14.8 Å². The zero-order valence-electron chi connectivity index (χ0n) is 7.15. The molecular formula is C7H11N3O2. The van der Waals surface area contributed by atoms with E-state index in [-0.39, 0.29) is 5.82 Å². The Bertz CT molecular complexity index is 269. The molecule has 1 heterocycles. The summed E-state index contributed by atoms with van der Waals surface area (Å²) < 4.78 is 6.28. The van der Waals surface area contributed by atoms with Gasteiger partial charge in [0.25, 0.3) is 5.82 Å². The maximum absolute atomic E-state index is 11.0. The van der Waals surface area contributed by atoms with Gasteiger partial charge in [-0.3, -0.25) is 4.68 Å². The monoisotopic (exact) mass is 169 g/mol. The average Bonchev–Trinajstić information content (AvgIpc) is 2.52. The number of hydrogen-bond donors (Lipinski definition) is 0. The van der Waals surface area contributed by atoms with E-state index in [1.807, 2.05) is 6.92 Å². The highest BCUT2D eigenvalue weighted by atomic mass is 16.5. The van der Waals surface area contributed by atoms with Crippen molar-refractivity contribution >= 4 is 5.97 Å². The molecule has 0 aromatic carbocycles. The van der Waals surface area contributed by atoms with Gasteiger partial charge in [-0.2, -0.15) is 0 Å². The van der Waals surface area contributed by atoms with Crippen LogP contribution in [0.25, 0.3) is 0 Å². The number of nitrogens with zero attached hydrogens (tertiary/aromatic N) is 3. The summed E-state index contributed by atoms with van der Waals surface area (Å²) in [7, 11) is 0. The lowest BCUT2D eigenvalue weighted by Crippen LogP contribution is -2.07. The van der Waals surface area contributed by atoms with Crippen LogP contribution in [0.4, 0.5) is 0 Å². The smallest absolute Gasteiger partial charge is 0.378 e. The molecule has 0 aliphatic rings. The van der Waals surface area contributed by atoms with Crippen molar-refractivity contribution in [1.29, 1.82) is 0 Å². The second-order valence-electron chi connectivity index (χ2n) is 2.14. The molecule has 0 N–H and O–H groups in total. The van der Waals surface area contributed by atoms with Gasteiger partial charge in [-0.15, -0.1) is 5.10 Å². The minimum atomic E-state index is -0.468. The summed E-state index contributed by atoms with van der Waals surface area (Å²) in [5.74, 6) is -0.344. The van der Waals surface area contributed by atoms with Gasteiger partial charge in [0.05, 0.1) is 6.61 Å². The largest absolute Gasteiger partial charge is 0.460 e. The van der Waals surface area contributed by atoms with Gasteiger partial charge in [0.1, 0.15) is 6.33 Å². The van der Waals surface area contributed by atoms with Crippen LogP contribution in [0.15, 0.2) is 6.33 Å². The van der Waals surface area contributed by atoms with Crippen molar-refractivity contribution in [2.75, 3.05) is 6.61 Å². The van der Waals surface area contributed by atoms with Crippen LogP contribution in [0.2, 0.25) is 0 Å². The van der Waals surface area contributed by atoms with Crippen LogP contribution >= 0.6 is 0 Å². The van der Waals surface area contributed by atoms with E-state index in [9.17, 15) is 4.79 Å². The van der Waals surface area contributed by atoms with Crippen molar-refractivity contribution in [3.05, 3.63) is 12.2 Å². The van der Waals surface area contributed by atoms with Crippen LogP contribution in [-0.2, 0) is 11.3 Å². The molecule has 66 valence electrons. The first kappa shape index (κ1) is 8.70. The average molecular weight is 169 g/mol. The van der Waals surface area contributed by atoms with Gasteiger partial charge >= 0.3 is 5.97 Å². The predicted octanol–water partition coefficient (Wildman–Crippen LogP) is 0.475. The Morgan fingerprint density at radius 3 is 2.92 bits per heavy atom. The molecule has 0 aliphatic carbocycles. The van der Waals surface area contributed by atoms with E-state index in [2.05, 4.69) is 10.1 Å². The summed E-state index contributed by atoms with van der Waals surface area (Å²) >= 11 is 0. The van der Waals surface area contributed by atoms with Gasteiger partial charge in [0, 0.05) is 6.54 Å². The molecule has 1 aromatic rings. The fourth-order valence-corrected chi connectivity index (χ4v) is 0.736.